The average Bonchev–Trinajstić information content (AvgIpc) is 2.92. The van der Waals surface area contributed by atoms with E-state index in [0.717, 1.165) is 0 Å². The van der Waals surface area contributed by atoms with Crippen LogP contribution in [0.3, 0.4) is 0 Å². The molecule has 1 aliphatic rings. The highest BCUT2D eigenvalue weighted by Crippen LogP contribution is 2.34. The van der Waals surface area contributed by atoms with Crippen molar-refractivity contribution >= 4 is 17.4 Å². The van der Waals surface area contributed by atoms with Gasteiger partial charge < -0.3 is 15.2 Å². The second-order valence-electron chi connectivity index (χ2n) is 8.41. The molecule has 2 N–H and O–H groups in total. The molecule has 8 nitrogen and oxygen atoms in total. The molecule has 0 fully saturated rings. The zero-order valence-corrected chi connectivity index (χ0v) is 20.3. The van der Waals surface area contributed by atoms with Crippen molar-refractivity contribution in [2.45, 2.75) is 32.5 Å². The standard InChI is InChI=1S/C27H26F2N4O4/c1-3-16-15-23(34)33(32-24(16)20-8-9-21(36-2)22(14-20)37-27(28)29)26(30)19-6-4-17(5-7-19)25(35)18-10-12-31-13-11-18/h4-14,16,26-27H,3,15,30H2,1-2H3. The lowest BCUT2D eigenvalue weighted by atomic mass is 9.89. The zero-order valence-electron chi connectivity index (χ0n) is 20.3. The van der Waals surface area contributed by atoms with Crippen molar-refractivity contribution in [3.05, 3.63) is 89.2 Å². The summed E-state index contributed by atoms with van der Waals surface area (Å²) in [6.07, 6.45) is 2.93. The highest BCUT2D eigenvalue weighted by molar-refractivity contribution is 6.09. The molecule has 1 amide bonds. The van der Waals surface area contributed by atoms with Crippen LogP contribution >= 0.6 is 0 Å². The monoisotopic (exact) mass is 508 g/mol. The molecule has 37 heavy (non-hydrogen) atoms. The van der Waals surface area contributed by atoms with E-state index < -0.39 is 12.8 Å². The number of hydrogen-bond donors (Lipinski definition) is 1. The fourth-order valence-corrected chi connectivity index (χ4v) is 4.17. The number of carbonyl (C=O) groups is 2. The van der Waals surface area contributed by atoms with Gasteiger partial charge in [-0.1, -0.05) is 31.2 Å². The molecule has 0 saturated carbocycles. The van der Waals surface area contributed by atoms with Gasteiger partial charge in [0.05, 0.1) is 12.8 Å². The number of nitrogens with two attached hydrogens (primary N) is 1. The minimum Gasteiger partial charge on any atom is -0.493 e. The predicted octanol–water partition coefficient (Wildman–Crippen LogP) is 4.54. The van der Waals surface area contributed by atoms with E-state index in [9.17, 15) is 18.4 Å². The molecule has 3 aromatic rings. The molecule has 1 aliphatic heterocycles. The van der Waals surface area contributed by atoms with Gasteiger partial charge in [-0.2, -0.15) is 13.9 Å². The molecule has 0 radical (unpaired) electrons. The minimum absolute atomic E-state index is 0.130. The first-order valence-corrected chi connectivity index (χ1v) is 11.7. The molecule has 4 rings (SSSR count). The Morgan fingerprint density at radius 2 is 1.76 bits per heavy atom. The van der Waals surface area contributed by atoms with Gasteiger partial charge in [0.1, 0.15) is 6.17 Å². The van der Waals surface area contributed by atoms with Crippen molar-refractivity contribution in [2.75, 3.05) is 7.11 Å². The van der Waals surface area contributed by atoms with Gasteiger partial charge in [-0.3, -0.25) is 14.6 Å². The average molecular weight is 509 g/mol. The van der Waals surface area contributed by atoms with Gasteiger partial charge in [-0.15, -0.1) is 0 Å². The van der Waals surface area contributed by atoms with Gasteiger partial charge in [0.15, 0.2) is 17.3 Å². The number of halogens is 2. The van der Waals surface area contributed by atoms with E-state index in [1.807, 2.05) is 6.92 Å². The third kappa shape index (κ3) is 5.64. The summed E-state index contributed by atoms with van der Waals surface area (Å²) in [4.78, 5) is 29.6. The van der Waals surface area contributed by atoms with E-state index >= 15 is 0 Å². The van der Waals surface area contributed by atoms with Gasteiger partial charge >= 0.3 is 6.61 Å². The molecular formula is C27H26F2N4O4. The highest BCUT2D eigenvalue weighted by atomic mass is 19.3. The molecule has 192 valence electrons. The number of pyridine rings is 1. The SMILES string of the molecule is CCC1CC(=O)N(C(N)c2ccc(C(=O)c3ccncc3)cc2)N=C1c1ccc(OC)c(OC(F)F)c1. The number of rotatable bonds is 9. The molecule has 1 aromatic heterocycles. The molecule has 2 unspecified atom stereocenters. The maximum atomic E-state index is 13.0. The van der Waals surface area contributed by atoms with Crippen LogP contribution in [0.1, 0.15) is 53.0 Å². The summed E-state index contributed by atoms with van der Waals surface area (Å²) >= 11 is 0. The number of ether oxygens (including phenoxy) is 2. The molecule has 0 aliphatic carbocycles. The normalized spacial score (nSPS) is 16.4. The Balaban J connectivity index is 1.63. The van der Waals surface area contributed by atoms with Crippen LogP contribution in [0.5, 0.6) is 11.5 Å². The molecule has 2 aromatic carbocycles. The van der Waals surface area contributed by atoms with Gasteiger partial charge in [0, 0.05) is 41.4 Å². The second kappa shape index (κ2) is 11.3. The lowest BCUT2D eigenvalue weighted by molar-refractivity contribution is -0.135. The lowest BCUT2D eigenvalue weighted by Crippen LogP contribution is -2.42. The number of methoxy groups -OCH3 is 1. The maximum absolute atomic E-state index is 13.0. The largest absolute Gasteiger partial charge is 0.493 e. The zero-order chi connectivity index (χ0) is 26.5. The van der Waals surface area contributed by atoms with Crippen molar-refractivity contribution in [3.63, 3.8) is 0 Å². The number of carbonyl (C=O) groups excluding carboxylic acids is 2. The van der Waals surface area contributed by atoms with Crippen molar-refractivity contribution in [1.82, 2.24) is 9.99 Å². The maximum Gasteiger partial charge on any atom is 0.387 e. The van der Waals surface area contributed by atoms with E-state index in [2.05, 4.69) is 14.8 Å². The Morgan fingerprint density at radius 3 is 2.38 bits per heavy atom. The van der Waals surface area contributed by atoms with Crippen LogP contribution in [0.25, 0.3) is 0 Å². The van der Waals surface area contributed by atoms with Crippen LogP contribution in [0.2, 0.25) is 0 Å². The third-order valence-electron chi connectivity index (χ3n) is 6.17. The smallest absolute Gasteiger partial charge is 0.387 e. The van der Waals surface area contributed by atoms with Gasteiger partial charge in [0.2, 0.25) is 5.91 Å². The lowest BCUT2D eigenvalue weighted by Gasteiger charge is -2.33. The first-order chi connectivity index (χ1) is 17.8. The third-order valence-corrected chi connectivity index (χ3v) is 6.17. The Morgan fingerprint density at radius 1 is 1.08 bits per heavy atom. The predicted molar refractivity (Wildman–Crippen MR) is 132 cm³/mol. The summed E-state index contributed by atoms with van der Waals surface area (Å²) in [6.45, 7) is -1.11. The Hall–Kier alpha value is -4.18. The summed E-state index contributed by atoms with van der Waals surface area (Å²) in [7, 11) is 1.36. The number of hydrazone groups is 1. The number of ketones is 1. The summed E-state index contributed by atoms with van der Waals surface area (Å²) in [5.74, 6) is -0.639. The molecule has 10 heteroatoms. The van der Waals surface area contributed by atoms with Crippen LogP contribution < -0.4 is 15.2 Å². The number of benzene rings is 2. The van der Waals surface area contributed by atoms with Crippen molar-refractivity contribution in [3.8, 4) is 11.5 Å². The number of nitrogens with zero attached hydrogens (tertiary/aromatic N) is 3. The van der Waals surface area contributed by atoms with E-state index in [-0.39, 0.29) is 35.5 Å². The van der Waals surface area contributed by atoms with Gasteiger partial charge in [-0.25, -0.2) is 5.01 Å². The number of aromatic nitrogens is 1. The molecule has 0 saturated heterocycles. The Labute approximate surface area is 212 Å². The van der Waals surface area contributed by atoms with Gasteiger partial charge in [0.25, 0.3) is 0 Å². The van der Waals surface area contributed by atoms with Gasteiger partial charge in [-0.05, 0) is 42.3 Å². The summed E-state index contributed by atoms with van der Waals surface area (Å²) < 4.78 is 35.6. The summed E-state index contributed by atoms with van der Waals surface area (Å²) in [6, 6.07) is 14.5. The van der Waals surface area contributed by atoms with Crippen LogP contribution in [0.4, 0.5) is 8.78 Å². The topological polar surface area (TPSA) is 107 Å². The second-order valence-corrected chi connectivity index (χ2v) is 8.41. The van der Waals surface area contributed by atoms with E-state index in [1.165, 1.54) is 24.3 Å². The number of amides is 1. The first-order valence-electron chi connectivity index (χ1n) is 11.7. The number of hydrogen-bond acceptors (Lipinski definition) is 7. The van der Waals surface area contributed by atoms with Crippen molar-refractivity contribution in [1.29, 1.82) is 0 Å². The molecule has 0 bridgehead atoms. The number of alkyl halides is 2. The first kappa shape index (κ1) is 25.9. The highest BCUT2D eigenvalue weighted by Gasteiger charge is 2.33. The van der Waals surface area contributed by atoms with Crippen molar-refractivity contribution in [2.24, 2.45) is 16.8 Å². The summed E-state index contributed by atoms with van der Waals surface area (Å²) in [5.41, 5.74) is 9.03. The molecule has 2 atom stereocenters. The van der Waals surface area contributed by atoms with Crippen LogP contribution in [0, 0.1) is 5.92 Å². The van der Waals surface area contributed by atoms with Crippen LogP contribution in [-0.2, 0) is 4.79 Å². The van der Waals surface area contributed by atoms with E-state index in [0.29, 0.717) is 34.4 Å². The van der Waals surface area contributed by atoms with Crippen molar-refractivity contribution < 1.29 is 27.8 Å². The minimum atomic E-state index is -3.03. The fourth-order valence-electron chi connectivity index (χ4n) is 4.17. The molecular weight excluding hydrogens is 482 g/mol. The molecule has 2 heterocycles. The van der Waals surface area contributed by atoms with Crippen LogP contribution in [0.15, 0.2) is 72.1 Å². The fraction of sp³-hybridized carbons (Fsp3) is 0.259. The van der Waals surface area contributed by atoms with E-state index in [4.69, 9.17) is 10.5 Å². The molecule has 0 spiro atoms. The van der Waals surface area contributed by atoms with E-state index in [1.54, 1.807) is 54.9 Å². The summed E-state index contributed by atoms with van der Waals surface area (Å²) in [5, 5.41) is 5.75. The Kier molecular flexibility index (Phi) is 7.88. The quantitative estimate of drug-likeness (QED) is 0.425. The van der Waals surface area contributed by atoms with Crippen LogP contribution in [-0.4, -0.2) is 41.1 Å². The Bertz CT molecular complexity index is 1300.